The smallest absolute Gasteiger partial charge is 0.128 e. The SMILES string of the molecule is CC(N)Cc1c(F)cccc1N1CCSC(C)(C)CC1. The number of nitrogens with zero attached hydrogens (tertiary/aromatic N) is 1. The highest BCUT2D eigenvalue weighted by molar-refractivity contribution is 8.00. The highest BCUT2D eigenvalue weighted by atomic mass is 32.2. The first-order valence-electron chi connectivity index (χ1n) is 7.31. The third kappa shape index (κ3) is 3.89. The van der Waals surface area contributed by atoms with Gasteiger partial charge in [0.25, 0.3) is 0 Å². The molecular formula is C16H25FN2S. The maximum absolute atomic E-state index is 14.1. The van der Waals surface area contributed by atoms with Crippen LogP contribution in [0.3, 0.4) is 0 Å². The van der Waals surface area contributed by atoms with Crippen LogP contribution in [0.15, 0.2) is 18.2 Å². The third-order valence-corrected chi connectivity index (χ3v) is 5.17. The molecule has 1 fully saturated rings. The normalized spacial score (nSPS) is 20.6. The van der Waals surface area contributed by atoms with E-state index in [0.717, 1.165) is 36.5 Å². The van der Waals surface area contributed by atoms with Crippen LogP contribution in [0, 0.1) is 5.82 Å². The number of anilines is 1. The Morgan fingerprint density at radius 3 is 2.85 bits per heavy atom. The van der Waals surface area contributed by atoms with Crippen molar-refractivity contribution in [3.8, 4) is 0 Å². The Bertz CT molecular complexity index is 460. The van der Waals surface area contributed by atoms with Gasteiger partial charge in [-0.25, -0.2) is 4.39 Å². The molecule has 1 atom stereocenters. The first-order chi connectivity index (χ1) is 9.39. The maximum Gasteiger partial charge on any atom is 0.128 e. The molecule has 1 aliphatic heterocycles. The van der Waals surface area contributed by atoms with E-state index in [1.165, 1.54) is 6.07 Å². The summed E-state index contributed by atoms with van der Waals surface area (Å²) in [5.41, 5.74) is 7.68. The molecule has 0 saturated carbocycles. The molecular weight excluding hydrogens is 271 g/mol. The van der Waals surface area contributed by atoms with Crippen LogP contribution < -0.4 is 10.6 Å². The van der Waals surface area contributed by atoms with Crippen molar-refractivity contribution in [2.75, 3.05) is 23.7 Å². The molecule has 2 rings (SSSR count). The van der Waals surface area contributed by atoms with Crippen molar-refractivity contribution in [2.45, 2.75) is 44.4 Å². The fourth-order valence-electron chi connectivity index (χ4n) is 2.63. The molecule has 0 aromatic heterocycles. The van der Waals surface area contributed by atoms with Gasteiger partial charge in [0.15, 0.2) is 0 Å². The summed E-state index contributed by atoms with van der Waals surface area (Å²) in [6.45, 7) is 8.46. The highest BCUT2D eigenvalue weighted by Crippen LogP contribution is 2.34. The molecule has 1 aliphatic rings. The van der Waals surface area contributed by atoms with Crippen LogP contribution in [-0.2, 0) is 6.42 Å². The average Bonchev–Trinajstić information content (AvgIpc) is 2.52. The molecule has 1 aromatic rings. The minimum absolute atomic E-state index is 0.0246. The van der Waals surface area contributed by atoms with E-state index in [-0.39, 0.29) is 11.9 Å². The summed E-state index contributed by atoms with van der Waals surface area (Å²) in [5, 5.41) is 0. The molecule has 0 radical (unpaired) electrons. The van der Waals surface area contributed by atoms with Gasteiger partial charge in [0.05, 0.1) is 0 Å². The van der Waals surface area contributed by atoms with Crippen molar-refractivity contribution in [1.82, 2.24) is 0 Å². The third-order valence-electron chi connectivity index (χ3n) is 3.80. The lowest BCUT2D eigenvalue weighted by Crippen LogP contribution is -2.29. The Labute approximate surface area is 125 Å². The lowest BCUT2D eigenvalue weighted by molar-refractivity contribution is 0.591. The molecule has 4 heteroatoms. The highest BCUT2D eigenvalue weighted by Gasteiger charge is 2.25. The van der Waals surface area contributed by atoms with Gasteiger partial charge in [0.2, 0.25) is 0 Å². The minimum atomic E-state index is -0.129. The summed E-state index contributed by atoms with van der Waals surface area (Å²) >= 11 is 2.00. The van der Waals surface area contributed by atoms with Crippen LogP contribution in [0.2, 0.25) is 0 Å². The first kappa shape index (κ1) is 15.6. The molecule has 2 nitrogen and oxygen atoms in total. The molecule has 0 aliphatic carbocycles. The van der Waals surface area contributed by atoms with Gasteiger partial charge in [0.1, 0.15) is 5.82 Å². The maximum atomic E-state index is 14.1. The number of benzene rings is 1. The molecule has 112 valence electrons. The Kier molecular flexibility index (Phi) is 4.97. The van der Waals surface area contributed by atoms with Crippen molar-refractivity contribution in [3.63, 3.8) is 0 Å². The number of rotatable bonds is 3. The van der Waals surface area contributed by atoms with Crippen LogP contribution in [0.25, 0.3) is 0 Å². The van der Waals surface area contributed by atoms with E-state index < -0.39 is 0 Å². The topological polar surface area (TPSA) is 29.3 Å². The fourth-order valence-corrected chi connectivity index (χ4v) is 3.73. The monoisotopic (exact) mass is 296 g/mol. The molecule has 0 spiro atoms. The number of halogens is 1. The summed E-state index contributed by atoms with van der Waals surface area (Å²) in [4.78, 5) is 2.32. The summed E-state index contributed by atoms with van der Waals surface area (Å²) in [6, 6.07) is 5.35. The largest absolute Gasteiger partial charge is 0.370 e. The van der Waals surface area contributed by atoms with Crippen LogP contribution in [0.4, 0.5) is 10.1 Å². The van der Waals surface area contributed by atoms with Crippen molar-refractivity contribution in [2.24, 2.45) is 5.73 Å². The quantitative estimate of drug-likeness (QED) is 0.926. The Morgan fingerprint density at radius 1 is 1.40 bits per heavy atom. The zero-order valence-electron chi connectivity index (χ0n) is 12.7. The van der Waals surface area contributed by atoms with Crippen LogP contribution in [0.1, 0.15) is 32.8 Å². The predicted molar refractivity (Wildman–Crippen MR) is 87.1 cm³/mol. The number of hydrogen-bond acceptors (Lipinski definition) is 3. The van der Waals surface area contributed by atoms with E-state index in [2.05, 4.69) is 18.7 Å². The van der Waals surface area contributed by atoms with Gasteiger partial charge in [-0.15, -0.1) is 0 Å². The lowest BCUT2D eigenvalue weighted by atomic mass is 10.0. The van der Waals surface area contributed by atoms with Gasteiger partial charge in [0, 0.05) is 40.9 Å². The molecule has 0 amide bonds. The fraction of sp³-hybridized carbons (Fsp3) is 0.625. The zero-order valence-corrected chi connectivity index (χ0v) is 13.5. The number of hydrogen-bond donors (Lipinski definition) is 1. The van der Waals surface area contributed by atoms with Crippen molar-refractivity contribution >= 4 is 17.4 Å². The van der Waals surface area contributed by atoms with E-state index in [9.17, 15) is 4.39 Å². The zero-order chi connectivity index (χ0) is 14.8. The van der Waals surface area contributed by atoms with E-state index in [0.29, 0.717) is 11.2 Å². The average molecular weight is 296 g/mol. The first-order valence-corrected chi connectivity index (χ1v) is 8.29. The number of thioether (sulfide) groups is 1. The van der Waals surface area contributed by atoms with Gasteiger partial charge < -0.3 is 10.6 Å². The Balaban J connectivity index is 2.25. The minimum Gasteiger partial charge on any atom is -0.370 e. The second-order valence-electron chi connectivity index (χ2n) is 6.26. The van der Waals surface area contributed by atoms with Crippen molar-refractivity contribution in [3.05, 3.63) is 29.6 Å². The van der Waals surface area contributed by atoms with Crippen molar-refractivity contribution in [1.29, 1.82) is 0 Å². The van der Waals surface area contributed by atoms with Crippen LogP contribution in [-0.4, -0.2) is 29.6 Å². The summed E-state index contributed by atoms with van der Waals surface area (Å²) in [6.07, 6.45) is 1.71. The molecule has 1 unspecified atom stereocenters. The second-order valence-corrected chi connectivity index (χ2v) is 8.07. The Hall–Kier alpha value is -0.740. The molecule has 0 bridgehead atoms. The Morgan fingerprint density at radius 2 is 2.15 bits per heavy atom. The van der Waals surface area contributed by atoms with E-state index in [1.54, 1.807) is 6.07 Å². The van der Waals surface area contributed by atoms with Gasteiger partial charge in [-0.05, 0) is 31.9 Å². The lowest BCUT2D eigenvalue weighted by Gasteiger charge is -2.27. The molecule has 1 heterocycles. The number of nitrogens with two attached hydrogens (primary N) is 1. The van der Waals surface area contributed by atoms with Gasteiger partial charge in [-0.1, -0.05) is 19.9 Å². The van der Waals surface area contributed by atoms with Crippen LogP contribution >= 0.6 is 11.8 Å². The summed E-state index contributed by atoms with van der Waals surface area (Å²) in [7, 11) is 0. The van der Waals surface area contributed by atoms with Gasteiger partial charge >= 0.3 is 0 Å². The molecule has 2 N–H and O–H groups in total. The molecule has 20 heavy (non-hydrogen) atoms. The summed E-state index contributed by atoms with van der Waals surface area (Å²) < 4.78 is 14.4. The van der Waals surface area contributed by atoms with Crippen molar-refractivity contribution < 1.29 is 4.39 Å². The van der Waals surface area contributed by atoms with Crippen LogP contribution in [0.5, 0.6) is 0 Å². The standard InChI is InChI=1S/C16H25FN2S/c1-12(18)11-13-14(17)5-4-6-15(13)19-8-7-16(2,3)20-10-9-19/h4-6,12H,7-11,18H2,1-3H3. The van der Waals surface area contributed by atoms with E-state index >= 15 is 0 Å². The van der Waals surface area contributed by atoms with Gasteiger partial charge in [-0.2, -0.15) is 11.8 Å². The predicted octanol–water partition coefficient (Wildman–Crippen LogP) is 3.44. The van der Waals surface area contributed by atoms with Gasteiger partial charge in [-0.3, -0.25) is 0 Å². The molecule has 1 aromatic carbocycles. The van der Waals surface area contributed by atoms with E-state index in [4.69, 9.17) is 5.73 Å². The second kappa shape index (κ2) is 6.35. The summed E-state index contributed by atoms with van der Waals surface area (Å²) in [5.74, 6) is 0.956. The molecule has 1 saturated heterocycles. The van der Waals surface area contributed by atoms with E-state index in [1.807, 2.05) is 24.8 Å².